The number of carboxylic acid groups (broad SMARTS) is 1. The van der Waals surface area contributed by atoms with Crippen LogP contribution in [0.25, 0.3) is 0 Å². The highest BCUT2D eigenvalue weighted by Gasteiger charge is 2.08. The Kier molecular flexibility index (Phi) is 4.15. The van der Waals surface area contributed by atoms with Gasteiger partial charge in [0.25, 0.3) is 0 Å². The number of hydrogen-bond acceptors (Lipinski definition) is 3. The van der Waals surface area contributed by atoms with Crippen molar-refractivity contribution < 1.29 is 15.0 Å². The van der Waals surface area contributed by atoms with Gasteiger partial charge in [-0.25, -0.2) is 4.79 Å². The molecule has 2 aromatic carbocycles. The van der Waals surface area contributed by atoms with Crippen LogP contribution in [0.3, 0.4) is 0 Å². The van der Waals surface area contributed by atoms with Gasteiger partial charge in [-0.2, -0.15) is 0 Å². The third kappa shape index (κ3) is 3.03. The normalized spacial score (nSPS) is 10.3. The SMILES string of the molecule is Cc1cc(C(=O)O)ccc1NCc1cccc(Cl)c1O. The largest absolute Gasteiger partial charge is 0.506 e. The van der Waals surface area contributed by atoms with E-state index in [2.05, 4.69) is 5.32 Å². The first-order valence-electron chi connectivity index (χ1n) is 6.03. The molecule has 0 aliphatic rings. The number of aryl methyl sites for hydroxylation is 1. The van der Waals surface area contributed by atoms with Crippen LogP contribution in [0, 0.1) is 6.92 Å². The van der Waals surface area contributed by atoms with Gasteiger partial charge < -0.3 is 15.5 Å². The molecule has 2 aromatic rings. The first-order valence-corrected chi connectivity index (χ1v) is 6.41. The maximum absolute atomic E-state index is 10.9. The fourth-order valence-electron chi connectivity index (χ4n) is 1.89. The summed E-state index contributed by atoms with van der Waals surface area (Å²) in [4.78, 5) is 10.9. The van der Waals surface area contributed by atoms with E-state index >= 15 is 0 Å². The minimum absolute atomic E-state index is 0.0569. The molecule has 0 aromatic heterocycles. The number of para-hydroxylation sites is 1. The number of aromatic hydroxyl groups is 1. The van der Waals surface area contributed by atoms with E-state index in [0.29, 0.717) is 17.1 Å². The average molecular weight is 292 g/mol. The molecule has 0 aliphatic carbocycles. The van der Waals surface area contributed by atoms with Crippen molar-refractivity contribution in [2.45, 2.75) is 13.5 Å². The molecule has 5 heteroatoms. The molecule has 0 saturated carbocycles. The van der Waals surface area contributed by atoms with Crippen LogP contribution in [0.15, 0.2) is 36.4 Å². The summed E-state index contributed by atoms with van der Waals surface area (Å²) in [5.74, 6) is -0.895. The lowest BCUT2D eigenvalue weighted by molar-refractivity contribution is 0.0697. The molecule has 20 heavy (non-hydrogen) atoms. The van der Waals surface area contributed by atoms with Crippen LogP contribution in [0.4, 0.5) is 5.69 Å². The number of carbonyl (C=O) groups is 1. The molecule has 104 valence electrons. The second-order valence-corrected chi connectivity index (χ2v) is 4.84. The van der Waals surface area contributed by atoms with Gasteiger partial charge in [0.15, 0.2) is 0 Å². The minimum atomic E-state index is -0.952. The summed E-state index contributed by atoms with van der Waals surface area (Å²) in [5.41, 5.74) is 2.57. The quantitative estimate of drug-likeness (QED) is 0.804. The van der Waals surface area contributed by atoms with E-state index in [4.69, 9.17) is 16.7 Å². The smallest absolute Gasteiger partial charge is 0.335 e. The molecule has 0 amide bonds. The molecule has 0 aliphatic heterocycles. The summed E-state index contributed by atoms with van der Waals surface area (Å²) in [6, 6.07) is 10.0. The number of halogens is 1. The van der Waals surface area contributed by atoms with Gasteiger partial charge in [0.05, 0.1) is 10.6 Å². The number of phenolic OH excluding ortho intramolecular Hbond substituents is 1. The van der Waals surface area contributed by atoms with Crippen LogP contribution in [-0.4, -0.2) is 16.2 Å². The molecular weight excluding hydrogens is 278 g/mol. The molecule has 4 nitrogen and oxygen atoms in total. The predicted octanol–water partition coefficient (Wildman–Crippen LogP) is 3.66. The molecular formula is C15H14ClNO3. The maximum Gasteiger partial charge on any atom is 0.335 e. The zero-order valence-corrected chi connectivity index (χ0v) is 11.6. The Balaban J connectivity index is 2.15. The maximum atomic E-state index is 10.9. The third-order valence-corrected chi connectivity index (χ3v) is 3.32. The number of nitrogens with one attached hydrogen (secondary N) is 1. The second kappa shape index (κ2) is 5.84. The molecule has 2 rings (SSSR count). The Hall–Kier alpha value is -2.20. The molecule has 0 heterocycles. The molecule has 0 spiro atoms. The summed E-state index contributed by atoms with van der Waals surface area (Å²) < 4.78 is 0. The standard InChI is InChI=1S/C15H14ClNO3/c1-9-7-10(15(19)20)5-6-13(9)17-8-11-3-2-4-12(16)14(11)18/h2-7,17-18H,8H2,1H3,(H,19,20). The summed E-state index contributed by atoms with van der Waals surface area (Å²) in [6.07, 6.45) is 0. The van der Waals surface area contributed by atoms with E-state index in [0.717, 1.165) is 11.3 Å². The Morgan fingerprint density at radius 3 is 2.70 bits per heavy atom. The summed E-state index contributed by atoms with van der Waals surface area (Å²) in [7, 11) is 0. The molecule has 0 atom stereocenters. The van der Waals surface area contributed by atoms with Gasteiger partial charge in [-0.15, -0.1) is 0 Å². The van der Waals surface area contributed by atoms with Crippen molar-refractivity contribution >= 4 is 23.3 Å². The Morgan fingerprint density at radius 1 is 1.30 bits per heavy atom. The number of benzene rings is 2. The highest BCUT2D eigenvalue weighted by atomic mass is 35.5. The van der Waals surface area contributed by atoms with Crippen LogP contribution >= 0.6 is 11.6 Å². The first kappa shape index (κ1) is 14.2. The molecule has 0 unspecified atom stereocenters. The van der Waals surface area contributed by atoms with Gasteiger partial charge in [-0.1, -0.05) is 23.7 Å². The number of carboxylic acids is 1. The van der Waals surface area contributed by atoms with E-state index in [-0.39, 0.29) is 11.3 Å². The summed E-state index contributed by atoms with van der Waals surface area (Å²) >= 11 is 5.84. The van der Waals surface area contributed by atoms with Crippen LogP contribution in [0.1, 0.15) is 21.5 Å². The summed E-state index contributed by atoms with van der Waals surface area (Å²) in [5, 5.41) is 22.2. The van der Waals surface area contributed by atoms with Gasteiger partial charge in [0, 0.05) is 17.8 Å². The fourth-order valence-corrected chi connectivity index (χ4v) is 2.08. The van der Waals surface area contributed by atoms with Crippen LogP contribution in [-0.2, 0) is 6.54 Å². The van der Waals surface area contributed by atoms with Gasteiger partial charge in [0.2, 0.25) is 0 Å². The van der Waals surface area contributed by atoms with Crippen molar-refractivity contribution in [1.82, 2.24) is 0 Å². The van der Waals surface area contributed by atoms with Crippen molar-refractivity contribution in [3.8, 4) is 5.75 Å². The van der Waals surface area contributed by atoms with Crippen LogP contribution in [0.5, 0.6) is 5.75 Å². The highest BCUT2D eigenvalue weighted by molar-refractivity contribution is 6.32. The zero-order chi connectivity index (χ0) is 14.7. The summed E-state index contributed by atoms with van der Waals surface area (Å²) in [6.45, 7) is 2.23. The zero-order valence-electron chi connectivity index (χ0n) is 10.9. The topological polar surface area (TPSA) is 69.6 Å². The number of rotatable bonds is 4. The Labute approximate surface area is 121 Å². The van der Waals surface area contributed by atoms with Gasteiger partial charge >= 0.3 is 5.97 Å². The van der Waals surface area contributed by atoms with E-state index < -0.39 is 5.97 Å². The van der Waals surface area contributed by atoms with E-state index in [9.17, 15) is 9.90 Å². The molecule has 0 bridgehead atoms. The van der Waals surface area contributed by atoms with Gasteiger partial charge in [-0.05, 0) is 36.8 Å². The first-order chi connectivity index (χ1) is 9.49. The van der Waals surface area contributed by atoms with Crippen molar-refractivity contribution in [2.24, 2.45) is 0 Å². The number of aromatic carboxylic acids is 1. The van der Waals surface area contributed by atoms with Crippen LogP contribution in [0.2, 0.25) is 5.02 Å². The van der Waals surface area contributed by atoms with Crippen molar-refractivity contribution in [3.05, 3.63) is 58.1 Å². The molecule has 0 saturated heterocycles. The third-order valence-electron chi connectivity index (χ3n) is 3.01. The van der Waals surface area contributed by atoms with Crippen molar-refractivity contribution in [1.29, 1.82) is 0 Å². The average Bonchev–Trinajstić information content (AvgIpc) is 2.41. The van der Waals surface area contributed by atoms with E-state index in [1.807, 2.05) is 6.92 Å². The second-order valence-electron chi connectivity index (χ2n) is 4.44. The molecule has 0 radical (unpaired) electrons. The minimum Gasteiger partial charge on any atom is -0.506 e. The lowest BCUT2D eigenvalue weighted by atomic mass is 10.1. The number of anilines is 1. The number of hydrogen-bond donors (Lipinski definition) is 3. The monoisotopic (exact) mass is 291 g/mol. The molecule has 3 N–H and O–H groups in total. The predicted molar refractivity (Wildman–Crippen MR) is 78.6 cm³/mol. The van der Waals surface area contributed by atoms with E-state index in [1.54, 1.807) is 30.3 Å². The van der Waals surface area contributed by atoms with Gasteiger partial charge in [-0.3, -0.25) is 0 Å². The molecule has 0 fully saturated rings. The lowest BCUT2D eigenvalue weighted by Gasteiger charge is -2.11. The van der Waals surface area contributed by atoms with Gasteiger partial charge in [0.1, 0.15) is 5.75 Å². The highest BCUT2D eigenvalue weighted by Crippen LogP contribution is 2.28. The van der Waals surface area contributed by atoms with Crippen molar-refractivity contribution in [3.63, 3.8) is 0 Å². The number of phenols is 1. The fraction of sp³-hybridized carbons (Fsp3) is 0.133. The van der Waals surface area contributed by atoms with E-state index in [1.165, 1.54) is 6.07 Å². The Bertz CT molecular complexity index is 656. The lowest BCUT2D eigenvalue weighted by Crippen LogP contribution is -2.03. The Morgan fingerprint density at radius 2 is 2.05 bits per heavy atom. The van der Waals surface area contributed by atoms with Crippen LogP contribution < -0.4 is 5.32 Å². The van der Waals surface area contributed by atoms with Crippen molar-refractivity contribution in [2.75, 3.05) is 5.32 Å².